The van der Waals surface area contributed by atoms with Crippen LogP contribution in [0.15, 0.2) is 24.3 Å². The highest BCUT2D eigenvalue weighted by atomic mass is 16.3. The Morgan fingerprint density at radius 2 is 2.04 bits per heavy atom. The van der Waals surface area contributed by atoms with Crippen molar-refractivity contribution in [3.05, 3.63) is 35.4 Å². The van der Waals surface area contributed by atoms with Gasteiger partial charge in [-0.3, -0.25) is 0 Å². The zero-order valence-corrected chi connectivity index (χ0v) is 14.4. The van der Waals surface area contributed by atoms with Crippen molar-refractivity contribution in [2.75, 3.05) is 13.6 Å². The molecule has 0 heterocycles. The average Bonchev–Trinajstić information content (AvgIpc) is 2.48. The number of hydrogen-bond donors (Lipinski definition) is 2. The molecule has 0 radical (unpaired) electrons. The van der Waals surface area contributed by atoms with Crippen molar-refractivity contribution in [1.82, 2.24) is 10.2 Å². The molecule has 0 aliphatic heterocycles. The molecule has 0 spiro atoms. The summed E-state index contributed by atoms with van der Waals surface area (Å²) in [5.74, 6) is 0.443. The Balaban J connectivity index is 1.65. The SMILES string of the molecule is CN(CC1CC(O)C1)C(=O)N[C@H]1CCC(C)(C)c2ccccc21. The van der Waals surface area contributed by atoms with Crippen LogP contribution in [0.25, 0.3) is 0 Å². The van der Waals surface area contributed by atoms with Gasteiger partial charge in [-0.05, 0) is 48.1 Å². The molecule has 2 aliphatic rings. The fraction of sp³-hybridized carbons (Fsp3) is 0.632. The van der Waals surface area contributed by atoms with Crippen LogP contribution in [0.2, 0.25) is 0 Å². The lowest BCUT2D eigenvalue weighted by Crippen LogP contribution is -2.45. The highest BCUT2D eigenvalue weighted by Gasteiger charge is 2.34. The van der Waals surface area contributed by atoms with Gasteiger partial charge in [-0.1, -0.05) is 38.1 Å². The Bertz CT molecular complexity index is 578. The van der Waals surface area contributed by atoms with Crippen LogP contribution in [-0.4, -0.2) is 35.7 Å². The average molecular weight is 316 g/mol. The fourth-order valence-electron chi connectivity index (χ4n) is 3.94. The van der Waals surface area contributed by atoms with Crippen molar-refractivity contribution in [2.24, 2.45) is 5.92 Å². The zero-order valence-electron chi connectivity index (χ0n) is 14.4. The largest absolute Gasteiger partial charge is 0.393 e. The first-order chi connectivity index (χ1) is 10.9. The second-order valence-corrected chi connectivity index (χ2v) is 7.88. The van der Waals surface area contributed by atoms with Crippen molar-refractivity contribution < 1.29 is 9.90 Å². The molecule has 1 saturated carbocycles. The maximum absolute atomic E-state index is 12.5. The third kappa shape index (κ3) is 3.37. The summed E-state index contributed by atoms with van der Waals surface area (Å²) in [4.78, 5) is 14.3. The van der Waals surface area contributed by atoms with Crippen LogP contribution in [0.4, 0.5) is 4.79 Å². The van der Waals surface area contributed by atoms with E-state index >= 15 is 0 Å². The summed E-state index contributed by atoms with van der Waals surface area (Å²) in [5, 5.41) is 12.6. The van der Waals surface area contributed by atoms with Crippen LogP contribution >= 0.6 is 0 Å². The summed E-state index contributed by atoms with van der Waals surface area (Å²) in [6.45, 7) is 5.28. The molecule has 2 aliphatic carbocycles. The van der Waals surface area contributed by atoms with Crippen molar-refractivity contribution >= 4 is 6.03 Å². The monoisotopic (exact) mass is 316 g/mol. The van der Waals surface area contributed by atoms with E-state index in [1.165, 1.54) is 11.1 Å². The van der Waals surface area contributed by atoms with Gasteiger partial charge < -0.3 is 15.3 Å². The van der Waals surface area contributed by atoms with Gasteiger partial charge in [-0.25, -0.2) is 4.79 Å². The Morgan fingerprint density at radius 1 is 1.35 bits per heavy atom. The fourth-order valence-corrected chi connectivity index (χ4v) is 3.94. The molecule has 23 heavy (non-hydrogen) atoms. The van der Waals surface area contributed by atoms with Gasteiger partial charge in [0.25, 0.3) is 0 Å². The normalized spacial score (nSPS) is 28.4. The molecule has 1 aromatic carbocycles. The van der Waals surface area contributed by atoms with Crippen LogP contribution in [-0.2, 0) is 5.41 Å². The molecule has 1 aromatic rings. The molecule has 0 unspecified atom stereocenters. The number of benzene rings is 1. The standard InChI is InChI=1S/C19H28N2O2/c1-19(2)9-8-17(15-6-4-5-7-16(15)19)20-18(23)21(3)12-13-10-14(22)11-13/h4-7,13-14,17,22H,8-12H2,1-3H3,(H,20,23)/t13?,14?,17-/m0/s1. The van der Waals surface area contributed by atoms with Crippen LogP contribution in [0.1, 0.15) is 56.7 Å². The Morgan fingerprint density at radius 3 is 2.74 bits per heavy atom. The summed E-state index contributed by atoms with van der Waals surface area (Å²) in [6, 6.07) is 8.56. The summed E-state index contributed by atoms with van der Waals surface area (Å²) >= 11 is 0. The zero-order chi connectivity index (χ0) is 16.6. The number of amides is 2. The first kappa shape index (κ1) is 16.3. The highest BCUT2D eigenvalue weighted by Crippen LogP contribution is 2.41. The summed E-state index contributed by atoms with van der Waals surface area (Å²) in [5.41, 5.74) is 2.78. The molecule has 0 bridgehead atoms. The predicted octanol–water partition coefficient (Wildman–Crippen LogP) is 3.21. The molecular weight excluding hydrogens is 288 g/mol. The number of aliphatic hydroxyl groups excluding tert-OH is 1. The van der Waals surface area contributed by atoms with E-state index in [2.05, 4.69) is 43.4 Å². The van der Waals surface area contributed by atoms with Crippen molar-refractivity contribution in [3.63, 3.8) is 0 Å². The molecule has 2 N–H and O–H groups in total. The van der Waals surface area contributed by atoms with E-state index in [9.17, 15) is 9.90 Å². The molecule has 4 heteroatoms. The molecular formula is C19H28N2O2. The lowest BCUT2D eigenvalue weighted by molar-refractivity contribution is 0.0323. The molecule has 0 aromatic heterocycles. The summed E-state index contributed by atoms with van der Waals surface area (Å²) in [6.07, 6.45) is 3.53. The van der Waals surface area contributed by atoms with E-state index in [0.717, 1.165) is 32.2 Å². The molecule has 4 nitrogen and oxygen atoms in total. The van der Waals surface area contributed by atoms with E-state index in [1.54, 1.807) is 4.90 Å². The van der Waals surface area contributed by atoms with E-state index in [4.69, 9.17) is 0 Å². The number of nitrogens with one attached hydrogen (secondary N) is 1. The third-order valence-corrected chi connectivity index (χ3v) is 5.51. The molecule has 1 fully saturated rings. The first-order valence-electron chi connectivity index (χ1n) is 8.66. The molecule has 0 saturated heterocycles. The topological polar surface area (TPSA) is 52.6 Å². The van der Waals surface area contributed by atoms with Gasteiger partial charge in [0.2, 0.25) is 0 Å². The van der Waals surface area contributed by atoms with Crippen LogP contribution in [0, 0.1) is 5.92 Å². The minimum absolute atomic E-state index is 0.00843. The minimum atomic E-state index is -0.163. The van der Waals surface area contributed by atoms with Gasteiger partial charge in [-0.15, -0.1) is 0 Å². The van der Waals surface area contributed by atoms with Gasteiger partial charge in [0.05, 0.1) is 12.1 Å². The van der Waals surface area contributed by atoms with Crippen LogP contribution < -0.4 is 5.32 Å². The minimum Gasteiger partial charge on any atom is -0.393 e. The van der Waals surface area contributed by atoms with Gasteiger partial charge in [0.15, 0.2) is 0 Å². The number of hydrogen-bond acceptors (Lipinski definition) is 2. The maximum atomic E-state index is 12.5. The molecule has 2 amide bonds. The van der Waals surface area contributed by atoms with E-state index in [0.29, 0.717) is 5.92 Å². The number of carbonyl (C=O) groups excluding carboxylic acids is 1. The lowest BCUT2D eigenvalue weighted by atomic mass is 9.71. The molecule has 3 rings (SSSR count). The second-order valence-electron chi connectivity index (χ2n) is 7.88. The number of rotatable bonds is 3. The Kier molecular flexibility index (Phi) is 4.37. The summed E-state index contributed by atoms with van der Waals surface area (Å²) in [7, 11) is 1.85. The van der Waals surface area contributed by atoms with E-state index in [-0.39, 0.29) is 23.6 Å². The number of nitrogens with zero attached hydrogens (tertiary/aromatic N) is 1. The highest BCUT2D eigenvalue weighted by molar-refractivity contribution is 5.74. The predicted molar refractivity (Wildman–Crippen MR) is 91.3 cm³/mol. The summed E-state index contributed by atoms with van der Waals surface area (Å²) < 4.78 is 0. The van der Waals surface area contributed by atoms with Crippen molar-refractivity contribution in [3.8, 4) is 0 Å². The number of carbonyl (C=O) groups is 1. The van der Waals surface area contributed by atoms with Crippen LogP contribution in [0.5, 0.6) is 0 Å². The van der Waals surface area contributed by atoms with Gasteiger partial charge in [-0.2, -0.15) is 0 Å². The lowest BCUT2D eigenvalue weighted by Gasteiger charge is -2.38. The number of fused-ring (bicyclic) bond motifs is 1. The van der Waals surface area contributed by atoms with E-state index < -0.39 is 0 Å². The maximum Gasteiger partial charge on any atom is 0.317 e. The Hall–Kier alpha value is -1.55. The second kappa shape index (κ2) is 6.16. The first-order valence-corrected chi connectivity index (χ1v) is 8.66. The van der Waals surface area contributed by atoms with E-state index in [1.807, 2.05) is 7.05 Å². The smallest absolute Gasteiger partial charge is 0.317 e. The molecule has 126 valence electrons. The van der Waals surface area contributed by atoms with Gasteiger partial charge in [0, 0.05) is 13.6 Å². The third-order valence-electron chi connectivity index (χ3n) is 5.51. The number of aliphatic hydroxyl groups is 1. The van der Waals surface area contributed by atoms with Gasteiger partial charge in [0.1, 0.15) is 0 Å². The van der Waals surface area contributed by atoms with Crippen molar-refractivity contribution in [1.29, 1.82) is 0 Å². The van der Waals surface area contributed by atoms with Crippen LogP contribution in [0.3, 0.4) is 0 Å². The quantitative estimate of drug-likeness (QED) is 0.899. The molecule has 1 atom stereocenters. The van der Waals surface area contributed by atoms with Gasteiger partial charge >= 0.3 is 6.03 Å². The van der Waals surface area contributed by atoms with Crippen molar-refractivity contribution in [2.45, 2.75) is 57.1 Å². The Labute approximate surface area is 138 Å². The number of urea groups is 1.